The summed E-state index contributed by atoms with van der Waals surface area (Å²) >= 11 is 0. The molecule has 0 saturated heterocycles. The fourth-order valence-corrected chi connectivity index (χ4v) is 3.41. The molecule has 0 aromatic heterocycles. The fraction of sp³-hybridized carbons (Fsp3) is 0.100. The number of rotatable bonds is 7. The van der Waals surface area contributed by atoms with Crippen molar-refractivity contribution in [3.05, 3.63) is 90.2 Å². The summed E-state index contributed by atoms with van der Waals surface area (Å²) < 4.78 is 45.7. The standard InChI is InChI=1S/C20H18FNO3S/c21-17-8-6-16(7-9-17)14-15-22-26(23,24)20-12-10-19(11-13-20)25-18-4-2-1-3-5-18/h1-13,22H,14-15H2. The molecule has 4 nitrogen and oxygen atoms in total. The van der Waals surface area contributed by atoms with Crippen molar-refractivity contribution in [1.82, 2.24) is 4.72 Å². The highest BCUT2D eigenvalue weighted by Crippen LogP contribution is 2.22. The number of sulfonamides is 1. The molecule has 0 radical (unpaired) electrons. The van der Waals surface area contributed by atoms with Crippen molar-refractivity contribution in [1.29, 1.82) is 0 Å². The molecule has 0 unspecified atom stereocenters. The van der Waals surface area contributed by atoms with Crippen molar-refractivity contribution in [3.8, 4) is 11.5 Å². The highest BCUT2D eigenvalue weighted by atomic mass is 32.2. The smallest absolute Gasteiger partial charge is 0.240 e. The van der Waals surface area contributed by atoms with E-state index in [2.05, 4.69) is 4.72 Å². The maximum Gasteiger partial charge on any atom is 0.240 e. The van der Waals surface area contributed by atoms with Gasteiger partial charge in [0.2, 0.25) is 10.0 Å². The van der Waals surface area contributed by atoms with Crippen LogP contribution < -0.4 is 9.46 Å². The molecule has 0 fully saturated rings. The Bertz CT molecular complexity index is 941. The van der Waals surface area contributed by atoms with Crippen LogP contribution in [-0.2, 0) is 16.4 Å². The lowest BCUT2D eigenvalue weighted by atomic mass is 10.1. The molecule has 0 spiro atoms. The largest absolute Gasteiger partial charge is 0.457 e. The monoisotopic (exact) mass is 371 g/mol. The van der Waals surface area contributed by atoms with Crippen molar-refractivity contribution in [2.45, 2.75) is 11.3 Å². The second kappa shape index (κ2) is 8.12. The quantitative estimate of drug-likeness (QED) is 0.679. The lowest BCUT2D eigenvalue weighted by Crippen LogP contribution is -2.25. The number of halogens is 1. The molecule has 134 valence electrons. The highest BCUT2D eigenvalue weighted by Gasteiger charge is 2.13. The Morgan fingerprint density at radius 1 is 0.808 bits per heavy atom. The minimum Gasteiger partial charge on any atom is -0.457 e. The van der Waals surface area contributed by atoms with Crippen LogP contribution in [0.25, 0.3) is 0 Å². The van der Waals surface area contributed by atoms with E-state index in [1.807, 2.05) is 30.3 Å². The zero-order valence-electron chi connectivity index (χ0n) is 13.9. The van der Waals surface area contributed by atoms with E-state index in [9.17, 15) is 12.8 Å². The topological polar surface area (TPSA) is 55.4 Å². The molecule has 0 amide bonds. The maximum atomic E-state index is 12.9. The van der Waals surface area contributed by atoms with Crippen LogP contribution in [0.2, 0.25) is 0 Å². The van der Waals surface area contributed by atoms with Crippen LogP contribution in [0.4, 0.5) is 4.39 Å². The average Bonchev–Trinajstić information content (AvgIpc) is 2.65. The van der Waals surface area contributed by atoms with E-state index < -0.39 is 10.0 Å². The number of nitrogens with one attached hydrogen (secondary N) is 1. The zero-order valence-corrected chi connectivity index (χ0v) is 14.7. The summed E-state index contributed by atoms with van der Waals surface area (Å²) in [5.74, 6) is 0.925. The summed E-state index contributed by atoms with van der Waals surface area (Å²) in [5.41, 5.74) is 0.862. The Balaban J connectivity index is 1.59. The van der Waals surface area contributed by atoms with E-state index >= 15 is 0 Å². The Morgan fingerprint density at radius 3 is 2.08 bits per heavy atom. The summed E-state index contributed by atoms with van der Waals surface area (Å²) in [7, 11) is -3.61. The van der Waals surface area contributed by atoms with E-state index in [0.717, 1.165) is 5.56 Å². The summed E-state index contributed by atoms with van der Waals surface area (Å²) in [5, 5.41) is 0. The first-order valence-electron chi connectivity index (χ1n) is 8.10. The molecule has 0 aliphatic carbocycles. The average molecular weight is 371 g/mol. The lowest BCUT2D eigenvalue weighted by Gasteiger charge is -2.09. The van der Waals surface area contributed by atoms with Crippen LogP contribution in [0.5, 0.6) is 11.5 Å². The molecule has 0 aliphatic rings. The van der Waals surface area contributed by atoms with Gasteiger partial charge in [0.25, 0.3) is 0 Å². The van der Waals surface area contributed by atoms with Gasteiger partial charge < -0.3 is 4.74 Å². The number of hydrogen-bond acceptors (Lipinski definition) is 3. The summed E-state index contributed by atoms with van der Waals surface area (Å²) in [4.78, 5) is 0.164. The molecule has 0 saturated carbocycles. The Kier molecular flexibility index (Phi) is 5.65. The molecule has 26 heavy (non-hydrogen) atoms. The molecule has 0 aliphatic heterocycles. The third-order valence-electron chi connectivity index (χ3n) is 3.73. The van der Waals surface area contributed by atoms with E-state index in [4.69, 9.17) is 4.74 Å². The van der Waals surface area contributed by atoms with Crippen LogP contribution in [0.1, 0.15) is 5.56 Å². The number of benzene rings is 3. The Hall–Kier alpha value is -2.70. The number of hydrogen-bond donors (Lipinski definition) is 1. The first kappa shape index (κ1) is 18.1. The first-order valence-corrected chi connectivity index (χ1v) is 9.58. The SMILES string of the molecule is O=S(=O)(NCCc1ccc(F)cc1)c1ccc(Oc2ccccc2)cc1. The second-order valence-electron chi connectivity index (χ2n) is 5.66. The summed E-state index contributed by atoms with van der Waals surface area (Å²) in [6, 6.07) is 21.5. The van der Waals surface area contributed by atoms with Crippen molar-refractivity contribution in [2.75, 3.05) is 6.54 Å². The third kappa shape index (κ3) is 4.91. The lowest BCUT2D eigenvalue weighted by molar-refractivity contribution is 0.482. The van der Waals surface area contributed by atoms with Gasteiger partial charge in [-0.25, -0.2) is 17.5 Å². The predicted molar refractivity (Wildman–Crippen MR) is 98.3 cm³/mol. The van der Waals surface area contributed by atoms with Crippen molar-refractivity contribution < 1.29 is 17.5 Å². The van der Waals surface area contributed by atoms with Gasteiger partial charge in [-0.1, -0.05) is 30.3 Å². The first-order chi connectivity index (χ1) is 12.5. The Labute approximate surface area is 152 Å². The fourth-order valence-electron chi connectivity index (χ4n) is 2.38. The molecule has 0 heterocycles. The van der Waals surface area contributed by atoms with Gasteiger partial charge in [0.05, 0.1) is 4.90 Å². The molecule has 3 aromatic carbocycles. The van der Waals surface area contributed by atoms with Gasteiger partial charge in [0.1, 0.15) is 17.3 Å². The molecular weight excluding hydrogens is 353 g/mol. The van der Waals surface area contributed by atoms with E-state index in [1.54, 1.807) is 24.3 Å². The maximum absolute atomic E-state index is 12.9. The summed E-state index contributed by atoms with van der Waals surface area (Å²) in [6.45, 7) is 0.232. The van der Waals surface area contributed by atoms with Crippen LogP contribution in [0.15, 0.2) is 83.8 Å². The minimum absolute atomic E-state index is 0.164. The van der Waals surface area contributed by atoms with Crippen LogP contribution in [0, 0.1) is 5.82 Å². The number of para-hydroxylation sites is 1. The van der Waals surface area contributed by atoms with Gasteiger partial charge in [-0.05, 0) is 60.5 Å². The molecule has 0 atom stereocenters. The van der Waals surface area contributed by atoms with Crippen molar-refractivity contribution in [2.24, 2.45) is 0 Å². The Morgan fingerprint density at radius 2 is 1.42 bits per heavy atom. The van der Waals surface area contributed by atoms with Gasteiger partial charge in [0, 0.05) is 6.54 Å². The molecule has 3 aromatic rings. The van der Waals surface area contributed by atoms with Crippen LogP contribution in [-0.4, -0.2) is 15.0 Å². The van der Waals surface area contributed by atoms with Crippen molar-refractivity contribution in [3.63, 3.8) is 0 Å². The van der Waals surface area contributed by atoms with Crippen LogP contribution >= 0.6 is 0 Å². The number of ether oxygens (including phenoxy) is 1. The molecule has 1 N–H and O–H groups in total. The van der Waals surface area contributed by atoms with Gasteiger partial charge >= 0.3 is 0 Å². The second-order valence-corrected chi connectivity index (χ2v) is 7.43. The van der Waals surface area contributed by atoms with Crippen LogP contribution in [0.3, 0.4) is 0 Å². The molecule has 6 heteroatoms. The van der Waals surface area contributed by atoms with Gasteiger partial charge in [-0.3, -0.25) is 0 Å². The van der Waals surface area contributed by atoms with Gasteiger partial charge in [-0.15, -0.1) is 0 Å². The normalized spacial score (nSPS) is 11.3. The minimum atomic E-state index is -3.61. The molecule has 0 bridgehead atoms. The van der Waals surface area contributed by atoms with Gasteiger partial charge in [0.15, 0.2) is 0 Å². The molecule has 3 rings (SSSR count). The zero-order chi connectivity index (χ0) is 18.4. The van der Waals surface area contributed by atoms with Gasteiger partial charge in [-0.2, -0.15) is 0 Å². The summed E-state index contributed by atoms with van der Waals surface area (Å²) in [6.07, 6.45) is 0.481. The van der Waals surface area contributed by atoms with E-state index in [-0.39, 0.29) is 17.3 Å². The molecular formula is C20H18FNO3S. The highest BCUT2D eigenvalue weighted by molar-refractivity contribution is 7.89. The van der Waals surface area contributed by atoms with E-state index in [0.29, 0.717) is 17.9 Å². The van der Waals surface area contributed by atoms with E-state index in [1.165, 1.54) is 24.3 Å². The predicted octanol–water partition coefficient (Wildman–Crippen LogP) is 4.14. The third-order valence-corrected chi connectivity index (χ3v) is 5.21. The van der Waals surface area contributed by atoms with Crippen molar-refractivity contribution >= 4 is 10.0 Å².